The lowest BCUT2D eigenvalue weighted by atomic mass is 9.95. The molecule has 2 aliphatic rings. The predicted molar refractivity (Wildman–Crippen MR) is 126 cm³/mol. The number of anilines is 1. The SMILES string of the molecule is COc1ccccc1N1CCN(C(=O)C2CCCN(Cc3ccc(Cl)cc3Cl)C2)CC1. The lowest BCUT2D eigenvalue weighted by Gasteiger charge is -2.40. The third-order valence-corrected chi connectivity index (χ3v) is 6.87. The maximum absolute atomic E-state index is 13.2. The Morgan fingerprint density at radius 2 is 1.84 bits per heavy atom. The number of piperidine rings is 1. The molecule has 5 nitrogen and oxygen atoms in total. The molecular weight excluding hydrogens is 433 g/mol. The van der Waals surface area contributed by atoms with Crippen LogP contribution in [0.5, 0.6) is 5.75 Å². The number of carbonyl (C=O) groups is 1. The minimum absolute atomic E-state index is 0.0534. The molecule has 166 valence electrons. The summed E-state index contributed by atoms with van der Waals surface area (Å²) in [5.74, 6) is 1.22. The minimum Gasteiger partial charge on any atom is -0.495 e. The number of hydrogen-bond donors (Lipinski definition) is 0. The number of rotatable bonds is 5. The second kappa shape index (κ2) is 10.1. The molecule has 0 bridgehead atoms. The first-order valence-electron chi connectivity index (χ1n) is 10.9. The van der Waals surface area contributed by atoms with Gasteiger partial charge in [-0.2, -0.15) is 0 Å². The monoisotopic (exact) mass is 461 g/mol. The third-order valence-electron chi connectivity index (χ3n) is 6.28. The van der Waals surface area contributed by atoms with E-state index in [4.69, 9.17) is 27.9 Å². The molecule has 2 aromatic carbocycles. The van der Waals surface area contributed by atoms with E-state index >= 15 is 0 Å². The highest BCUT2D eigenvalue weighted by Gasteiger charge is 2.31. The van der Waals surface area contributed by atoms with Crippen molar-refractivity contribution in [3.8, 4) is 5.75 Å². The van der Waals surface area contributed by atoms with Crippen LogP contribution in [0.15, 0.2) is 42.5 Å². The third kappa shape index (κ3) is 5.28. The summed E-state index contributed by atoms with van der Waals surface area (Å²) in [4.78, 5) is 19.9. The zero-order valence-electron chi connectivity index (χ0n) is 17.9. The molecule has 1 unspecified atom stereocenters. The van der Waals surface area contributed by atoms with E-state index < -0.39 is 0 Å². The summed E-state index contributed by atoms with van der Waals surface area (Å²) in [5.41, 5.74) is 2.16. The summed E-state index contributed by atoms with van der Waals surface area (Å²) in [5, 5.41) is 1.33. The molecule has 0 spiro atoms. The van der Waals surface area contributed by atoms with E-state index in [1.54, 1.807) is 13.2 Å². The Labute approximate surface area is 194 Å². The molecule has 2 aromatic rings. The van der Waals surface area contributed by atoms with Crippen molar-refractivity contribution in [1.82, 2.24) is 9.80 Å². The van der Waals surface area contributed by atoms with Gasteiger partial charge in [-0.15, -0.1) is 0 Å². The largest absolute Gasteiger partial charge is 0.495 e. The van der Waals surface area contributed by atoms with Gasteiger partial charge in [-0.3, -0.25) is 9.69 Å². The Morgan fingerprint density at radius 3 is 2.58 bits per heavy atom. The first-order valence-corrected chi connectivity index (χ1v) is 11.6. The van der Waals surface area contributed by atoms with Crippen LogP contribution in [0.1, 0.15) is 18.4 Å². The normalized spacial score (nSPS) is 20.0. The maximum Gasteiger partial charge on any atom is 0.227 e. The quantitative estimate of drug-likeness (QED) is 0.653. The molecule has 0 N–H and O–H groups in total. The molecule has 2 heterocycles. The van der Waals surface area contributed by atoms with Gasteiger partial charge in [-0.05, 0) is 49.2 Å². The van der Waals surface area contributed by atoms with Crippen LogP contribution in [0.4, 0.5) is 5.69 Å². The van der Waals surface area contributed by atoms with Gasteiger partial charge in [-0.1, -0.05) is 41.4 Å². The molecule has 1 atom stereocenters. The van der Waals surface area contributed by atoms with Gasteiger partial charge in [0.1, 0.15) is 5.75 Å². The molecular formula is C24H29Cl2N3O2. The molecule has 2 aliphatic heterocycles. The number of methoxy groups -OCH3 is 1. The number of benzene rings is 2. The van der Waals surface area contributed by atoms with E-state index in [-0.39, 0.29) is 11.8 Å². The van der Waals surface area contributed by atoms with Gasteiger partial charge in [0.25, 0.3) is 0 Å². The molecule has 7 heteroatoms. The topological polar surface area (TPSA) is 36.0 Å². The van der Waals surface area contributed by atoms with Gasteiger partial charge in [0.05, 0.1) is 18.7 Å². The number of amides is 1. The number of hydrogen-bond acceptors (Lipinski definition) is 4. The van der Waals surface area contributed by atoms with E-state index in [2.05, 4.69) is 15.9 Å². The summed E-state index contributed by atoms with van der Waals surface area (Å²) < 4.78 is 5.50. The summed E-state index contributed by atoms with van der Waals surface area (Å²) in [6.45, 7) is 5.66. The van der Waals surface area contributed by atoms with Crippen LogP contribution >= 0.6 is 23.2 Å². The fourth-order valence-electron chi connectivity index (χ4n) is 4.61. The molecule has 4 rings (SSSR count). The number of carbonyl (C=O) groups excluding carboxylic acids is 1. The zero-order valence-corrected chi connectivity index (χ0v) is 19.4. The van der Waals surface area contributed by atoms with Crippen molar-refractivity contribution in [1.29, 1.82) is 0 Å². The Morgan fingerprint density at radius 1 is 1.06 bits per heavy atom. The smallest absolute Gasteiger partial charge is 0.227 e. The summed E-state index contributed by atoms with van der Waals surface area (Å²) in [7, 11) is 1.70. The Kier molecular flexibility index (Phi) is 7.26. The van der Waals surface area contributed by atoms with Crippen LogP contribution in [-0.4, -0.2) is 62.1 Å². The molecule has 1 amide bonds. The summed E-state index contributed by atoms with van der Waals surface area (Å²) >= 11 is 12.4. The van der Waals surface area contributed by atoms with Gasteiger partial charge in [0, 0.05) is 49.3 Å². The van der Waals surface area contributed by atoms with Crippen molar-refractivity contribution in [2.75, 3.05) is 51.3 Å². The number of halogens is 2. The lowest BCUT2D eigenvalue weighted by molar-refractivity contribution is -0.137. The Hall–Kier alpha value is -1.95. The van der Waals surface area contributed by atoms with Gasteiger partial charge in [0.15, 0.2) is 0 Å². The van der Waals surface area contributed by atoms with Crippen LogP contribution in [0.25, 0.3) is 0 Å². The molecule has 0 aromatic heterocycles. The number of para-hydroxylation sites is 2. The average molecular weight is 462 g/mol. The van der Waals surface area contributed by atoms with Crippen LogP contribution < -0.4 is 9.64 Å². The number of ether oxygens (including phenoxy) is 1. The second-order valence-electron chi connectivity index (χ2n) is 8.29. The van der Waals surface area contributed by atoms with Gasteiger partial charge in [-0.25, -0.2) is 0 Å². The fraction of sp³-hybridized carbons (Fsp3) is 0.458. The van der Waals surface area contributed by atoms with Crippen molar-refractivity contribution >= 4 is 34.8 Å². The van der Waals surface area contributed by atoms with E-state index in [0.717, 1.165) is 75.7 Å². The van der Waals surface area contributed by atoms with E-state index in [9.17, 15) is 4.79 Å². The molecule has 0 saturated carbocycles. The molecule has 2 saturated heterocycles. The number of piperazine rings is 1. The van der Waals surface area contributed by atoms with Crippen LogP contribution in [0, 0.1) is 5.92 Å². The van der Waals surface area contributed by atoms with Crippen LogP contribution in [-0.2, 0) is 11.3 Å². The van der Waals surface area contributed by atoms with Crippen molar-refractivity contribution < 1.29 is 9.53 Å². The van der Waals surface area contributed by atoms with Gasteiger partial charge >= 0.3 is 0 Å². The fourth-order valence-corrected chi connectivity index (χ4v) is 5.08. The first-order chi connectivity index (χ1) is 15.0. The van der Waals surface area contributed by atoms with Crippen LogP contribution in [0.2, 0.25) is 10.0 Å². The summed E-state index contributed by atoms with van der Waals surface area (Å²) in [6, 6.07) is 13.7. The highest BCUT2D eigenvalue weighted by atomic mass is 35.5. The molecule has 31 heavy (non-hydrogen) atoms. The standard InChI is InChI=1S/C24H29Cl2N3O2/c1-31-23-7-3-2-6-22(23)28-11-13-29(14-12-28)24(30)19-5-4-10-27(17-19)16-18-8-9-20(25)15-21(18)26/h2-3,6-9,15,19H,4-5,10-14,16-17H2,1H3. The van der Waals surface area contributed by atoms with E-state index in [1.807, 2.05) is 35.2 Å². The van der Waals surface area contributed by atoms with Crippen molar-refractivity contribution in [2.24, 2.45) is 5.92 Å². The predicted octanol–water partition coefficient (Wildman–Crippen LogP) is 4.56. The Bertz CT molecular complexity index is 915. The number of likely N-dealkylation sites (tertiary alicyclic amines) is 1. The molecule has 2 fully saturated rings. The lowest BCUT2D eigenvalue weighted by Crippen LogP contribution is -2.52. The van der Waals surface area contributed by atoms with Crippen molar-refractivity contribution in [3.05, 3.63) is 58.1 Å². The van der Waals surface area contributed by atoms with Crippen molar-refractivity contribution in [3.63, 3.8) is 0 Å². The zero-order chi connectivity index (χ0) is 21.8. The van der Waals surface area contributed by atoms with Gasteiger partial charge in [0.2, 0.25) is 5.91 Å². The first kappa shape index (κ1) is 22.3. The second-order valence-corrected chi connectivity index (χ2v) is 9.14. The van der Waals surface area contributed by atoms with Crippen molar-refractivity contribution in [2.45, 2.75) is 19.4 Å². The van der Waals surface area contributed by atoms with E-state index in [1.165, 1.54) is 0 Å². The highest BCUT2D eigenvalue weighted by molar-refractivity contribution is 6.35. The number of nitrogens with zero attached hydrogens (tertiary/aromatic N) is 3. The minimum atomic E-state index is 0.0534. The Balaban J connectivity index is 1.33. The summed E-state index contributed by atoms with van der Waals surface area (Å²) in [6.07, 6.45) is 1.99. The maximum atomic E-state index is 13.2. The van der Waals surface area contributed by atoms with Gasteiger partial charge < -0.3 is 14.5 Å². The average Bonchev–Trinajstić information content (AvgIpc) is 2.81. The van der Waals surface area contributed by atoms with E-state index in [0.29, 0.717) is 10.0 Å². The molecule has 0 aliphatic carbocycles. The highest BCUT2D eigenvalue weighted by Crippen LogP contribution is 2.29. The van der Waals surface area contributed by atoms with Crippen LogP contribution in [0.3, 0.4) is 0 Å². The molecule has 0 radical (unpaired) electrons.